The van der Waals surface area contributed by atoms with E-state index in [0.29, 0.717) is 43.7 Å². The number of carbonyl (C=O) groups excluding carboxylic acids is 1. The van der Waals surface area contributed by atoms with Crippen LogP contribution in [-0.2, 0) is 11.2 Å². The van der Waals surface area contributed by atoms with Crippen molar-refractivity contribution in [2.24, 2.45) is 5.92 Å². The Labute approximate surface area is 149 Å². The van der Waals surface area contributed by atoms with Gasteiger partial charge in [-0.25, -0.2) is 23.1 Å². The van der Waals surface area contributed by atoms with Crippen LogP contribution in [0.15, 0.2) is 30.6 Å². The van der Waals surface area contributed by atoms with E-state index in [1.807, 2.05) is 0 Å². The molecule has 26 heavy (non-hydrogen) atoms. The van der Waals surface area contributed by atoms with Gasteiger partial charge in [-0.1, -0.05) is 6.07 Å². The zero-order valence-corrected chi connectivity index (χ0v) is 14.0. The molecular formula is C18H19F3N4O. The summed E-state index contributed by atoms with van der Waals surface area (Å²) in [7, 11) is 0. The lowest BCUT2D eigenvalue weighted by molar-refractivity contribution is -0.122. The van der Waals surface area contributed by atoms with E-state index in [0.717, 1.165) is 18.5 Å². The standard InChI is InChI=1S/C18H19F3N4O/c19-13-8-22-18(23-9-13)24-10-14-7-12(17(26)25-14)3-1-2-11-4-5-15(20)16(21)6-11/h4-6,8-9,12,14H,1-3,7,10H2,(H,25,26)(H,22,23,24)/t12-,14-/m0/s1. The van der Waals surface area contributed by atoms with Crippen molar-refractivity contribution in [3.05, 3.63) is 53.6 Å². The Morgan fingerprint density at radius 1 is 1.15 bits per heavy atom. The second kappa shape index (κ2) is 8.16. The van der Waals surface area contributed by atoms with E-state index in [-0.39, 0.29) is 17.9 Å². The quantitative estimate of drug-likeness (QED) is 0.793. The molecule has 1 aliphatic rings. The average molecular weight is 364 g/mol. The fraction of sp³-hybridized carbons (Fsp3) is 0.389. The zero-order valence-electron chi connectivity index (χ0n) is 14.0. The van der Waals surface area contributed by atoms with Gasteiger partial charge in [0.15, 0.2) is 17.5 Å². The summed E-state index contributed by atoms with van der Waals surface area (Å²) in [4.78, 5) is 19.7. The SMILES string of the molecule is O=C1N[C@H](CNc2ncc(F)cn2)C[C@@H]1CCCc1ccc(F)c(F)c1. The molecule has 8 heteroatoms. The molecule has 0 saturated carbocycles. The van der Waals surface area contributed by atoms with Crippen LogP contribution >= 0.6 is 0 Å². The van der Waals surface area contributed by atoms with Gasteiger partial charge in [0.2, 0.25) is 11.9 Å². The summed E-state index contributed by atoms with van der Waals surface area (Å²) >= 11 is 0. The number of hydrogen-bond acceptors (Lipinski definition) is 4. The molecule has 1 aromatic heterocycles. The molecule has 2 N–H and O–H groups in total. The van der Waals surface area contributed by atoms with Crippen LogP contribution in [0.4, 0.5) is 19.1 Å². The molecule has 0 radical (unpaired) electrons. The Morgan fingerprint density at radius 2 is 1.92 bits per heavy atom. The topological polar surface area (TPSA) is 66.9 Å². The van der Waals surface area contributed by atoms with Gasteiger partial charge in [0.25, 0.3) is 0 Å². The molecule has 1 aliphatic heterocycles. The number of aromatic nitrogens is 2. The van der Waals surface area contributed by atoms with Gasteiger partial charge in [0.1, 0.15) is 0 Å². The van der Waals surface area contributed by atoms with Crippen molar-refractivity contribution in [2.45, 2.75) is 31.7 Å². The van der Waals surface area contributed by atoms with Crippen LogP contribution in [0.3, 0.4) is 0 Å². The first kappa shape index (κ1) is 18.2. The minimum atomic E-state index is -0.857. The summed E-state index contributed by atoms with van der Waals surface area (Å²) < 4.78 is 38.9. The Kier molecular flexibility index (Phi) is 5.70. The van der Waals surface area contributed by atoms with E-state index in [4.69, 9.17) is 0 Å². The number of benzene rings is 1. The molecule has 1 aromatic carbocycles. The van der Waals surface area contributed by atoms with Crippen molar-refractivity contribution in [1.82, 2.24) is 15.3 Å². The van der Waals surface area contributed by atoms with Crippen molar-refractivity contribution in [2.75, 3.05) is 11.9 Å². The van der Waals surface area contributed by atoms with Crippen molar-refractivity contribution in [1.29, 1.82) is 0 Å². The largest absolute Gasteiger partial charge is 0.352 e. The maximum absolute atomic E-state index is 13.2. The van der Waals surface area contributed by atoms with Gasteiger partial charge in [-0.3, -0.25) is 4.79 Å². The summed E-state index contributed by atoms with van der Waals surface area (Å²) in [5, 5.41) is 5.88. The Morgan fingerprint density at radius 3 is 2.65 bits per heavy atom. The number of aryl methyl sites for hydroxylation is 1. The average Bonchev–Trinajstić information content (AvgIpc) is 2.97. The number of halogens is 3. The first-order valence-corrected chi connectivity index (χ1v) is 8.47. The van der Waals surface area contributed by atoms with Gasteiger partial charge in [0.05, 0.1) is 12.4 Å². The Balaban J connectivity index is 1.42. The number of anilines is 1. The van der Waals surface area contributed by atoms with Crippen LogP contribution in [0.1, 0.15) is 24.8 Å². The predicted octanol–water partition coefficient (Wildman–Crippen LogP) is 2.83. The summed E-state index contributed by atoms with van der Waals surface area (Å²) in [6, 6.07) is 3.82. The summed E-state index contributed by atoms with van der Waals surface area (Å²) in [6.07, 6.45) is 4.80. The fourth-order valence-corrected chi connectivity index (χ4v) is 3.08. The van der Waals surface area contributed by atoms with Crippen LogP contribution in [-0.4, -0.2) is 28.5 Å². The Bertz CT molecular complexity index is 770. The van der Waals surface area contributed by atoms with E-state index in [2.05, 4.69) is 20.6 Å². The highest BCUT2D eigenvalue weighted by Crippen LogP contribution is 2.22. The molecule has 0 spiro atoms. The normalized spacial score (nSPS) is 19.4. The molecule has 3 rings (SSSR count). The van der Waals surface area contributed by atoms with Gasteiger partial charge < -0.3 is 10.6 Å². The first-order valence-electron chi connectivity index (χ1n) is 8.47. The molecule has 1 saturated heterocycles. The molecule has 1 fully saturated rings. The lowest BCUT2D eigenvalue weighted by Gasteiger charge is -2.11. The van der Waals surface area contributed by atoms with Gasteiger partial charge in [-0.15, -0.1) is 0 Å². The molecule has 2 aromatic rings. The monoisotopic (exact) mass is 364 g/mol. The minimum absolute atomic E-state index is 0.0119. The number of nitrogens with zero attached hydrogens (tertiary/aromatic N) is 2. The Hall–Kier alpha value is -2.64. The molecule has 5 nitrogen and oxygen atoms in total. The van der Waals surface area contributed by atoms with Gasteiger partial charge in [-0.05, 0) is 43.4 Å². The second-order valence-corrected chi connectivity index (χ2v) is 6.38. The van der Waals surface area contributed by atoms with Crippen LogP contribution < -0.4 is 10.6 Å². The van der Waals surface area contributed by atoms with Gasteiger partial charge >= 0.3 is 0 Å². The van der Waals surface area contributed by atoms with Crippen molar-refractivity contribution in [3.63, 3.8) is 0 Å². The summed E-state index contributed by atoms with van der Waals surface area (Å²) in [5.41, 5.74) is 0.717. The minimum Gasteiger partial charge on any atom is -0.352 e. The zero-order chi connectivity index (χ0) is 18.5. The number of hydrogen-bond donors (Lipinski definition) is 2. The number of amides is 1. The summed E-state index contributed by atoms with van der Waals surface area (Å²) in [5.74, 6) is -2.03. The highest BCUT2D eigenvalue weighted by Gasteiger charge is 2.31. The van der Waals surface area contributed by atoms with Crippen LogP contribution in [0.5, 0.6) is 0 Å². The van der Waals surface area contributed by atoms with Crippen molar-refractivity contribution in [3.8, 4) is 0 Å². The summed E-state index contributed by atoms with van der Waals surface area (Å²) in [6.45, 7) is 0.455. The predicted molar refractivity (Wildman–Crippen MR) is 89.8 cm³/mol. The second-order valence-electron chi connectivity index (χ2n) is 6.38. The molecule has 0 aliphatic carbocycles. The third kappa shape index (κ3) is 4.71. The number of rotatable bonds is 7. The number of carbonyl (C=O) groups is 1. The third-order valence-electron chi connectivity index (χ3n) is 4.42. The first-order chi connectivity index (χ1) is 12.5. The van der Waals surface area contributed by atoms with Crippen molar-refractivity contribution >= 4 is 11.9 Å². The molecule has 0 unspecified atom stereocenters. The fourth-order valence-electron chi connectivity index (χ4n) is 3.08. The van der Waals surface area contributed by atoms with E-state index < -0.39 is 17.5 Å². The molecule has 2 atom stereocenters. The van der Waals surface area contributed by atoms with Crippen LogP contribution in [0.25, 0.3) is 0 Å². The van der Waals surface area contributed by atoms with Crippen LogP contribution in [0, 0.1) is 23.4 Å². The molecule has 0 bridgehead atoms. The molecule has 1 amide bonds. The lowest BCUT2D eigenvalue weighted by Crippen LogP contribution is -2.32. The van der Waals surface area contributed by atoms with Gasteiger partial charge in [-0.2, -0.15) is 0 Å². The lowest BCUT2D eigenvalue weighted by atomic mass is 9.96. The van der Waals surface area contributed by atoms with Crippen molar-refractivity contribution < 1.29 is 18.0 Å². The van der Waals surface area contributed by atoms with E-state index >= 15 is 0 Å². The smallest absolute Gasteiger partial charge is 0.223 e. The molecule has 138 valence electrons. The highest BCUT2D eigenvalue weighted by atomic mass is 19.2. The number of nitrogens with one attached hydrogen (secondary N) is 2. The van der Waals surface area contributed by atoms with E-state index in [1.165, 1.54) is 6.07 Å². The van der Waals surface area contributed by atoms with Gasteiger partial charge in [0, 0.05) is 18.5 Å². The van der Waals surface area contributed by atoms with E-state index in [9.17, 15) is 18.0 Å². The molecule has 2 heterocycles. The van der Waals surface area contributed by atoms with E-state index in [1.54, 1.807) is 6.07 Å². The third-order valence-corrected chi connectivity index (χ3v) is 4.42. The molecular weight excluding hydrogens is 345 g/mol. The maximum Gasteiger partial charge on any atom is 0.223 e. The highest BCUT2D eigenvalue weighted by molar-refractivity contribution is 5.81. The van der Waals surface area contributed by atoms with Crippen LogP contribution in [0.2, 0.25) is 0 Å². The maximum atomic E-state index is 13.2.